The van der Waals surface area contributed by atoms with Gasteiger partial charge in [-0.3, -0.25) is 4.79 Å². The van der Waals surface area contributed by atoms with Crippen molar-refractivity contribution >= 4 is 26.0 Å². The van der Waals surface area contributed by atoms with Gasteiger partial charge < -0.3 is 19.7 Å². The Bertz CT molecular complexity index is 1460. The van der Waals surface area contributed by atoms with Crippen LogP contribution in [0.1, 0.15) is 76.8 Å². The molecule has 12 heteroatoms. The number of rotatable bonds is 9. The van der Waals surface area contributed by atoms with Gasteiger partial charge in [0.15, 0.2) is 14.0 Å². The first-order chi connectivity index (χ1) is 19.5. The second-order valence-corrected chi connectivity index (χ2v) is 17.0. The molecule has 4 rings (SSSR count). The minimum atomic E-state index is -4.83. The summed E-state index contributed by atoms with van der Waals surface area (Å²) in [6.45, 7) is 13.9. The first kappa shape index (κ1) is 31.3. The highest BCUT2D eigenvalue weighted by Gasteiger charge is 2.44. The molecule has 1 aliphatic heterocycles. The van der Waals surface area contributed by atoms with E-state index in [1.807, 2.05) is 24.3 Å². The van der Waals surface area contributed by atoms with Gasteiger partial charge >= 0.3 is 12.1 Å². The fraction of sp³-hybridized carbons (Fsp3) is 0.433. The van der Waals surface area contributed by atoms with Crippen molar-refractivity contribution in [2.75, 3.05) is 11.4 Å². The molecule has 42 heavy (non-hydrogen) atoms. The van der Waals surface area contributed by atoms with Crippen LogP contribution in [0.25, 0.3) is 0 Å². The number of hydrogen-bond acceptors (Lipinski definition) is 5. The van der Waals surface area contributed by atoms with Crippen LogP contribution >= 0.6 is 0 Å². The van der Waals surface area contributed by atoms with E-state index in [-0.39, 0.29) is 23.0 Å². The number of carboxylic acid groups (broad SMARTS) is 1. The number of benzene rings is 2. The molecule has 0 saturated carbocycles. The summed E-state index contributed by atoms with van der Waals surface area (Å²) in [5.74, 6) is -1.88. The van der Waals surface area contributed by atoms with Gasteiger partial charge in [0.05, 0.1) is 24.8 Å². The summed E-state index contributed by atoms with van der Waals surface area (Å²) in [5, 5.41) is 15.6. The Morgan fingerprint density at radius 2 is 1.71 bits per heavy atom. The van der Waals surface area contributed by atoms with Crippen molar-refractivity contribution in [3.63, 3.8) is 0 Å². The molecule has 0 fully saturated rings. The van der Waals surface area contributed by atoms with E-state index in [4.69, 9.17) is 9.53 Å². The number of amides is 1. The zero-order valence-electron chi connectivity index (χ0n) is 24.7. The zero-order chi connectivity index (χ0) is 31.0. The van der Waals surface area contributed by atoms with Crippen molar-refractivity contribution in [1.29, 1.82) is 0 Å². The number of carbonyl (C=O) groups excluding carboxylic acids is 1. The summed E-state index contributed by atoms with van der Waals surface area (Å²) >= 11 is 0. The summed E-state index contributed by atoms with van der Waals surface area (Å²) < 4.78 is 49.8. The third-order valence-corrected chi connectivity index (χ3v) is 12.6. The molecular weight excluding hydrogens is 565 g/mol. The van der Waals surface area contributed by atoms with Crippen LogP contribution < -0.4 is 10.2 Å². The Kier molecular flexibility index (Phi) is 8.61. The highest BCUT2D eigenvalue weighted by molar-refractivity contribution is 6.74. The number of carbonyl (C=O) groups is 2. The van der Waals surface area contributed by atoms with Gasteiger partial charge in [0.2, 0.25) is 0 Å². The largest absolute Gasteiger partial charge is 0.478 e. The van der Waals surface area contributed by atoms with Gasteiger partial charge in [0.1, 0.15) is 11.4 Å². The molecule has 1 aromatic heterocycles. The molecule has 3 aromatic rings. The van der Waals surface area contributed by atoms with Gasteiger partial charge in [-0.1, -0.05) is 57.2 Å². The average Bonchev–Trinajstić information content (AvgIpc) is 3.47. The summed E-state index contributed by atoms with van der Waals surface area (Å²) in [6.07, 6.45) is -4.83. The van der Waals surface area contributed by atoms with Crippen LogP contribution in [0.3, 0.4) is 0 Å². The molecule has 1 amide bonds. The Morgan fingerprint density at radius 3 is 2.31 bits per heavy atom. The van der Waals surface area contributed by atoms with Crippen LogP contribution in [-0.4, -0.2) is 41.6 Å². The van der Waals surface area contributed by atoms with E-state index >= 15 is 0 Å². The number of aromatic nitrogens is 2. The molecule has 0 radical (unpaired) electrons. The number of halogens is 3. The summed E-state index contributed by atoms with van der Waals surface area (Å²) in [7, 11) is -1.97. The van der Waals surface area contributed by atoms with Gasteiger partial charge in [-0.25, -0.2) is 9.48 Å². The van der Waals surface area contributed by atoms with Crippen molar-refractivity contribution in [2.45, 2.75) is 77.7 Å². The maximum Gasteiger partial charge on any atom is 0.436 e. The predicted molar refractivity (Wildman–Crippen MR) is 156 cm³/mol. The topological polar surface area (TPSA) is 96.7 Å². The highest BCUT2D eigenvalue weighted by Crippen LogP contribution is 2.39. The molecule has 2 heterocycles. The third kappa shape index (κ3) is 6.70. The van der Waals surface area contributed by atoms with E-state index in [1.165, 1.54) is 28.9 Å². The fourth-order valence-corrected chi connectivity index (χ4v) is 5.56. The Morgan fingerprint density at radius 1 is 1.07 bits per heavy atom. The van der Waals surface area contributed by atoms with Crippen molar-refractivity contribution in [2.24, 2.45) is 0 Å². The average molecular weight is 603 g/mol. The van der Waals surface area contributed by atoms with E-state index in [1.54, 1.807) is 11.8 Å². The second-order valence-electron chi connectivity index (χ2n) is 12.2. The third-order valence-electron chi connectivity index (χ3n) is 8.08. The maximum atomic E-state index is 14.1. The lowest BCUT2D eigenvalue weighted by Gasteiger charge is -2.36. The van der Waals surface area contributed by atoms with Crippen molar-refractivity contribution in [3.8, 4) is 0 Å². The monoisotopic (exact) mass is 602 g/mol. The van der Waals surface area contributed by atoms with Crippen molar-refractivity contribution in [1.82, 2.24) is 15.1 Å². The lowest BCUT2D eigenvalue weighted by Crippen LogP contribution is -2.40. The number of anilines is 1. The Hall–Kier alpha value is -3.64. The molecular formula is C30H37F3N4O4Si. The van der Waals surface area contributed by atoms with E-state index in [9.17, 15) is 22.8 Å². The summed E-state index contributed by atoms with van der Waals surface area (Å²) in [4.78, 5) is 26.3. The van der Waals surface area contributed by atoms with Crippen LogP contribution in [0.15, 0.2) is 48.5 Å². The first-order valence-electron chi connectivity index (χ1n) is 13.8. The lowest BCUT2D eigenvalue weighted by molar-refractivity contribution is -0.141. The molecule has 0 spiro atoms. The highest BCUT2D eigenvalue weighted by atomic mass is 28.4. The number of hydrogen-bond donors (Lipinski definition) is 2. The van der Waals surface area contributed by atoms with Crippen molar-refractivity contribution in [3.05, 3.63) is 82.0 Å². The smallest absolute Gasteiger partial charge is 0.436 e. The number of nitrogens with one attached hydrogen (secondary N) is 1. The van der Waals surface area contributed by atoms with Gasteiger partial charge in [0.25, 0.3) is 5.91 Å². The van der Waals surface area contributed by atoms with Crippen LogP contribution in [0.5, 0.6) is 0 Å². The summed E-state index contributed by atoms with van der Waals surface area (Å²) in [5.41, 5.74) is 0.724. The standard InChI is InChI=1S/C30H37F3N4O4Si/c1-19(22-10-12-23(13-11-22)28(39)40)34-26(38)24-25(30(31,32)33)35-37-15-14-36(27(24)37)17-20-8-7-9-21(16-20)18-41-42(5,6)29(2,3)4/h7-13,16,19H,14-15,17-18H2,1-6H3,(H,34,38)(H,39,40). The normalized spacial score (nSPS) is 14.5. The molecule has 0 saturated heterocycles. The molecule has 0 aliphatic carbocycles. The number of alkyl halides is 3. The number of fused-ring (bicyclic) bond motifs is 1. The van der Waals surface area contributed by atoms with Crippen LogP contribution in [0, 0.1) is 0 Å². The second kappa shape index (κ2) is 11.6. The number of nitrogens with zero attached hydrogens (tertiary/aromatic N) is 3. The minimum absolute atomic E-state index is 0.0607. The Balaban J connectivity index is 1.57. The van der Waals surface area contributed by atoms with Crippen LogP contribution in [0.4, 0.5) is 19.0 Å². The molecule has 1 aliphatic rings. The van der Waals surface area contributed by atoms with Crippen LogP contribution in [0.2, 0.25) is 18.1 Å². The molecule has 2 N–H and O–H groups in total. The minimum Gasteiger partial charge on any atom is -0.478 e. The fourth-order valence-electron chi connectivity index (χ4n) is 4.60. The molecule has 0 bridgehead atoms. The number of aromatic carboxylic acids is 1. The van der Waals surface area contributed by atoms with E-state index in [2.05, 4.69) is 44.3 Å². The molecule has 1 atom stereocenters. The first-order valence-corrected chi connectivity index (χ1v) is 16.7. The zero-order valence-corrected chi connectivity index (χ0v) is 25.7. The van der Waals surface area contributed by atoms with Gasteiger partial charge in [-0.15, -0.1) is 0 Å². The SMILES string of the molecule is CC(NC(=O)c1c(C(F)(F)F)nn2c1N(Cc1cccc(CO[Si](C)(C)C(C)(C)C)c1)CC2)c1ccc(C(=O)O)cc1. The Labute approximate surface area is 244 Å². The predicted octanol–water partition coefficient (Wildman–Crippen LogP) is 6.63. The quantitative estimate of drug-likeness (QED) is 0.267. The molecule has 8 nitrogen and oxygen atoms in total. The molecule has 226 valence electrons. The number of carboxylic acids is 1. The van der Waals surface area contributed by atoms with Gasteiger partial charge in [-0.05, 0) is 53.9 Å². The maximum absolute atomic E-state index is 14.1. The van der Waals surface area contributed by atoms with Crippen molar-refractivity contribution < 1.29 is 32.3 Å². The van der Waals surface area contributed by atoms with Gasteiger partial charge in [-0.2, -0.15) is 18.3 Å². The summed E-state index contributed by atoms with van der Waals surface area (Å²) in [6, 6.07) is 12.9. The van der Waals surface area contributed by atoms with Gasteiger partial charge in [0, 0.05) is 13.1 Å². The van der Waals surface area contributed by atoms with E-state index in [0.717, 1.165) is 11.1 Å². The molecule has 2 aromatic carbocycles. The molecule has 1 unspecified atom stereocenters. The lowest BCUT2D eigenvalue weighted by atomic mass is 10.1. The van der Waals surface area contributed by atoms with Crippen LogP contribution in [-0.2, 0) is 30.3 Å². The van der Waals surface area contributed by atoms with E-state index < -0.39 is 43.7 Å². The van der Waals surface area contributed by atoms with E-state index in [0.29, 0.717) is 25.3 Å².